The summed E-state index contributed by atoms with van der Waals surface area (Å²) in [7, 11) is 0. The highest BCUT2D eigenvalue weighted by molar-refractivity contribution is 5.67. The molecule has 1 aromatic heterocycles. The number of pyridine rings is 1. The van der Waals surface area contributed by atoms with Crippen molar-refractivity contribution in [2.24, 2.45) is 0 Å². The lowest BCUT2D eigenvalue weighted by Gasteiger charge is -2.13. The van der Waals surface area contributed by atoms with Crippen LogP contribution in [-0.2, 0) is 0 Å². The summed E-state index contributed by atoms with van der Waals surface area (Å²) in [6.07, 6.45) is 0. The van der Waals surface area contributed by atoms with Crippen molar-refractivity contribution >= 4 is 23.0 Å². The van der Waals surface area contributed by atoms with Gasteiger partial charge in [0, 0.05) is 12.1 Å². The van der Waals surface area contributed by atoms with Gasteiger partial charge in [-0.05, 0) is 76.3 Å². The summed E-state index contributed by atoms with van der Waals surface area (Å²) in [5.74, 6) is 1.96. The molecule has 0 saturated carbocycles. The van der Waals surface area contributed by atoms with Crippen LogP contribution in [0.15, 0.2) is 36.4 Å². The van der Waals surface area contributed by atoms with Crippen molar-refractivity contribution in [2.45, 2.75) is 48.5 Å². The summed E-state index contributed by atoms with van der Waals surface area (Å²) in [6, 6.07) is 13.1. The van der Waals surface area contributed by atoms with Crippen molar-refractivity contribution in [1.82, 2.24) is 0 Å². The van der Waals surface area contributed by atoms with Gasteiger partial charge in [0.1, 0.15) is 11.4 Å². The van der Waals surface area contributed by atoms with Gasteiger partial charge in [-0.25, -0.2) is 4.98 Å². The van der Waals surface area contributed by atoms with Crippen LogP contribution in [0.4, 0.5) is 23.0 Å². The summed E-state index contributed by atoms with van der Waals surface area (Å²) < 4.78 is 0. The predicted octanol–water partition coefficient (Wildman–Crippen LogP) is 6.15. The maximum atomic E-state index is 3.58. The standard InChI is InChI=1S/C24H29N3/c1-14-8-17(4)23(18(5)9-14)26-21-12-16(3)13-22(25-21)27-24-19(6)10-15(2)11-20(24)7/h8-13H,1-7H3,(H2,25,26,27)/p+1. The first kappa shape index (κ1) is 19.0. The van der Waals surface area contributed by atoms with Gasteiger partial charge in [-0.1, -0.05) is 35.4 Å². The van der Waals surface area contributed by atoms with Gasteiger partial charge in [0.25, 0.3) is 0 Å². The summed E-state index contributed by atoms with van der Waals surface area (Å²) in [4.78, 5) is 3.50. The van der Waals surface area contributed by atoms with Crippen LogP contribution in [0.2, 0.25) is 0 Å². The normalized spacial score (nSPS) is 10.8. The van der Waals surface area contributed by atoms with Gasteiger partial charge < -0.3 is 0 Å². The molecular weight excluding hydrogens is 330 g/mol. The number of nitrogens with one attached hydrogen (secondary N) is 3. The first-order valence-electron chi connectivity index (χ1n) is 9.46. The summed E-state index contributed by atoms with van der Waals surface area (Å²) >= 11 is 0. The Morgan fingerprint density at radius 2 is 0.778 bits per heavy atom. The van der Waals surface area contributed by atoms with E-state index >= 15 is 0 Å². The SMILES string of the molecule is Cc1cc(Nc2c(C)cc(C)cc2C)[nH+]c(Nc2c(C)cc(C)cc2C)c1. The number of aromatic amines is 1. The zero-order chi connectivity index (χ0) is 19.7. The number of aryl methyl sites for hydroxylation is 7. The molecule has 0 amide bonds. The molecule has 0 saturated heterocycles. The zero-order valence-corrected chi connectivity index (χ0v) is 17.5. The minimum atomic E-state index is 0.981. The average molecular weight is 361 g/mol. The molecule has 27 heavy (non-hydrogen) atoms. The molecule has 3 N–H and O–H groups in total. The van der Waals surface area contributed by atoms with E-state index in [1.54, 1.807) is 0 Å². The molecule has 0 unspecified atom stereocenters. The molecule has 0 fully saturated rings. The Morgan fingerprint density at radius 3 is 1.11 bits per heavy atom. The fourth-order valence-electron chi connectivity index (χ4n) is 3.87. The molecule has 0 radical (unpaired) electrons. The fraction of sp³-hybridized carbons (Fsp3) is 0.292. The van der Waals surface area contributed by atoms with Gasteiger partial charge in [-0.3, -0.25) is 10.6 Å². The van der Waals surface area contributed by atoms with Gasteiger partial charge >= 0.3 is 0 Å². The van der Waals surface area contributed by atoms with E-state index in [9.17, 15) is 0 Å². The van der Waals surface area contributed by atoms with Crippen LogP contribution in [-0.4, -0.2) is 0 Å². The lowest BCUT2D eigenvalue weighted by atomic mass is 10.0. The number of hydrogen-bond donors (Lipinski definition) is 2. The molecule has 0 aliphatic carbocycles. The van der Waals surface area contributed by atoms with Crippen molar-refractivity contribution in [1.29, 1.82) is 0 Å². The number of hydrogen-bond acceptors (Lipinski definition) is 2. The van der Waals surface area contributed by atoms with E-state index in [1.165, 1.54) is 38.9 Å². The molecule has 0 aliphatic heterocycles. The molecule has 2 aromatic carbocycles. The van der Waals surface area contributed by atoms with Gasteiger partial charge in [0.15, 0.2) is 0 Å². The third-order valence-corrected chi connectivity index (χ3v) is 4.89. The minimum absolute atomic E-state index is 0.981. The van der Waals surface area contributed by atoms with E-state index in [0.29, 0.717) is 0 Å². The van der Waals surface area contributed by atoms with Crippen LogP contribution < -0.4 is 15.6 Å². The molecule has 0 aliphatic rings. The van der Waals surface area contributed by atoms with E-state index in [0.717, 1.165) is 23.0 Å². The van der Waals surface area contributed by atoms with Crippen LogP contribution >= 0.6 is 0 Å². The van der Waals surface area contributed by atoms with Gasteiger partial charge in [-0.2, -0.15) is 0 Å². The number of H-pyrrole nitrogens is 1. The van der Waals surface area contributed by atoms with Crippen molar-refractivity contribution in [3.05, 3.63) is 75.3 Å². The summed E-state index contributed by atoms with van der Waals surface area (Å²) in [6.45, 7) is 15.0. The lowest BCUT2D eigenvalue weighted by Crippen LogP contribution is -2.17. The van der Waals surface area contributed by atoms with E-state index in [1.807, 2.05) is 0 Å². The third kappa shape index (κ3) is 4.30. The topological polar surface area (TPSA) is 38.2 Å². The van der Waals surface area contributed by atoms with Crippen molar-refractivity contribution < 1.29 is 4.98 Å². The highest BCUT2D eigenvalue weighted by atomic mass is 15.1. The molecule has 1 heterocycles. The smallest absolute Gasteiger partial charge is 0.224 e. The molecule has 3 nitrogen and oxygen atoms in total. The summed E-state index contributed by atoms with van der Waals surface area (Å²) in [5, 5.41) is 7.15. The molecule has 0 bridgehead atoms. The second kappa shape index (κ2) is 7.43. The maximum absolute atomic E-state index is 3.58. The largest absolute Gasteiger partial charge is 0.273 e. The Labute approximate surface area is 162 Å². The van der Waals surface area contributed by atoms with E-state index < -0.39 is 0 Å². The molecule has 0 spiro atoms. The van der Waals surface area contributed by atoms with Crippen LogP contribution in [0.25, 0.3) is 0 Å². The zero-order valence-electron chi connectivity index (χ0n) is 17.5. The van der Waals surface area contributed by atoms with Crippen LogP contribution in [0.1, 0.15) is 38.9 Å². The van der Waals surface area contributed by atoms with Gasteiger partial charge in [-0.15, -0.1) is 0 Å². The molecule has 140 valence electrons. The highest BCUT2D eigenvalue weighted by Gasteiger charge is 2.13. The number of aromatic nitrogens is 1. The molecule has 0 atom stereocenters. The average Bonchev–Trinajstić information content (AvgIpc) is 2.54. The minimum Gasteiger partial charge on any atom is -0.273 e. The first-order chi connectivity index (χ1) is 12.7. The highest BCUT2D eigenvalue weighted by Crippen LogP contribution is 2.27. The molecule has 3 aromatic rings. The lowest BCUT2D eigenvalue weighted by molar-refractivity contribution is -0.343. The Bertz CT molecular complexity index is 879. The maximum Gasteiger partial charge on any atom is 0.224 e. The van der Waals surface area contributed by atoms with Crippen molar-refractivity contribution in [3.63, 3.8) is 0 Å². The molecule has 3 rings (SSSR count). The first-order valence-corrected chi connectivity index (χ1v) is 9.46. The Kier molecular flexibility index (Phi) is 5.22. The fourth-order valence-corrected chi connectivity index (χ4v) is 3.87. The summed E-state index contributed by atoms with van der Waals surface area (Å²) in [5.41, 5.74) is 11.1. The van der Waals surface area contributed by atoms with E-state index in [2.05, 4.69) is 100 Å². The van der Waals surface area contributed by atoms with Crippen molar-refractivity contribution in [3.8, 4) is 0 Å². The van der Waals surface area contributed by atoms with E-state index in [4.69, 9.17) is 0 Å². The predicted molar refractivity (Wildman–Crippen MR) is 116 cm³/mol. The Hall–Kier alpha value is -2.81. The second-order valence-corrected chi connectivity index (χ2v) is 7.78. The second-order valence-electron chi connectivity index (χ2n) is 7.78. The number of rotatable bonds is 4. The molecular formula is C24H30N3+. The quantitative estimate of drug-likeness (QED) is 0.586. The van der Waals surface area contributed by atoms with Gasteiger partial charge in [0.05, 0.1) is 0 Å². The third-order valence-electron chi connectivity index (χ3n) is 4.89. The van der Waals surface area contributed by atoms with Gasteiger partial charge in [0.2, 0.25) is 11.6 Å². The van der Waals surface area contributed by atoms with Crippen LogP contribution in [0.3, 0.4) is 0 Å². The van der Waals surface area contributed by atoms with E-state index in [-0.39, 0.29) is 0 Å². The van der Waals surface area contributed by atoms with Crippen LogP contribution in [0.5, 0.6) is 0 Å². The Morgan fingerprint density at radius 1 is 0.481 bits per heavy atom. The monoisotopic (exact) mass is 360 g/mol. The van der Waals surface area contributed by atoms with Crippen molar-refractivity contribution in [2.75, 3.05) is 10.6 Å². The number of anilines is 4. The number of benzene rings is 2. The Balaban J connectivity index is 1.94. The molecule has 3 heteroatoms. The van der Waals surface area contributed by atoms with Crippen LogP contribution in [0, 0.1) is 48.5 Å².